The predicted molar refractivity (Wildman–Crippen MR) is 137 cm³/mol. The minimum absolute atomic E-state index is 0.103. The molecule has 12 heteroatoms. The van der Waals surface area contributed by atoms with Crippen LogP contribution in [0, 0.1) is 5.82 Å². The molecule has 0 saturated carbocycles. The van der Waals surface area contributed by atoms with E-state index >= 15 is 0 Å². The first kappa shape index (κ1) is 26.7. The molecule has 0 radical (unpaired) electrons. The molecule has 0 unspecified atom stereocenters. The molecule has 0 spiro atoms. The Morgan fingerprint density at radius 2 is 1.77 bits per heavy atom. The summed E-state index contributed by atoms with van der Waals surface area (Å²) in [4.78, 5) is 24.0. The average Bonchev–Trinajstić information content (AvgIpc) is 2.81. The molecule has 0 bridgehead atoms. The Hall–Kier alpha value is -2.85. The average molecular weight is 604 g/mol. The summed E-state index contributed by atoms with van der Waals surface area (Å²) in [7, 11) is 1.46. The number of hydrazone groups is 1. The maximum atomic E-state index is 13.2. The Bertz CT molecular complexity index is 1290. The number of anilines is 1. The van der Waals surface area contributed by atoms with Crippen molar-refractivity contribution in [3.05, 3.63) is 85.0 Å². The Labute approximate surface area is 223 Å². The van der Waals surface area contributed by atoms with E-state index in [0.29, 0.717) is 37.1 Å². The fourth-order valence-electron chi connectivity index (χ4n) is 2.75. The quantitative estimate of drug-likeness (QED) is 0.191. The van der Waals surface area contributed by atoms with Gasteiger partial charge in [-0.1, -0.05) is 40.9 Å². The van der Waals surface area contributed by atoms with E-state index in [2.05, 4.69) is 31.8 Å². The monoisotopic (exact) mass is 601 g/mol. The number of carbonyl (C=O) groups is 2. The fraction of sp³-hybridized carbons (Fsp3) is 0.0870. The highest BCUT2D eigenvalue weighted by Crippen LogP contribution is 2.37. The van der Waals surface area contributed by atoms with Crippen LogP contribution in [-0.2, 0) is 16.2 Å². The van der Waals surface area contributed by atoms with Gasteiger partial charge >= 0.3 is 11.8 Å². The second-order valence-electron chi connectivity index (χ2n) is 6.81. The molecule has 0 aromatic heterocycles. The lowest BCUT2D eigenvalue weighted by Crippen LogP contribution is -2.32. The molecule has 3 aromatic carbocycles. The number of nitrogens with zero attached hydrogens (tertiary/aromatic N) is 1. The van der Waals surface area contributed by atoms with Gasteiger partial charge in [0.25, 0.3) is 0 Å². The number of methoxy groups -OCH3 is 1. The van der Waals surface area contributed by atoms with Crippen LogP contribution >= 0.6 is 50.7 Å². The summed E-state index contributed by atoms with van der Waals surface area (Å²) in [5.74, 6) is -1.91. The van der Waals surface area contributed by atoms with Crippen molar-refractivity contribution in [1.29, 1.82) is 0 Å². The third-order valence-electron chi connectivity index (χ3n) is 4.44. The van der Waals surface area contributed by atoms with E-state index in [1.165, 1.54) is 25.5 Å². The van der Waals surface area contributed by atoms with E-state index in [-0.39, 0.29) is 17.3 Å². The molecule has 0 saturated heterocycles. The van der Waals surface area contributed by atoms with Crippen LogP contribution in [0.25, 0.3) is 0 Å². The molecular weight excluding hydrogens is 588 g/mol. The SMILES string of the molecule is COc1cc(/C=N/NC(=O)C(=O)Nc2ccc(F)c(Cl)c2)cc(Br)c1OCc1c(Cl)cccc1Cl. The van der Waals surface area contributed by atoms with Crippen molar-refractivity contribution < 1.29 is 23.5 Å². The number of ether oxygens (including phenoxy) is 2. The summed E-state index contributed by atoms with van der Waals surface area (Å²) in [5.41, 5.74) is 3.41. The number of amides is 2. The van der Waals surface area contributed by atoms with Crippen LogP contribution in [0.1, 0.15) is 11.1 Å². The van der Waals surface area contributed by atoms with Crippen molar-refractivity contribution in [2.45, 2.75) is 6.61 Å². The molecule has 0 aliphatic heterocycles. The Morgan fingerprint density at radius 1 is 1.06 bits per heavy atom. The third-order valence-corrected chi connectivity index (χ3v) is 6.02. The van der Waals surface area contributed by atoms with Crippen molar-refractivity contribution in [3.8, 4) is 11.5 Å². The molecule has 7 nitrogen and oxygen atoms in total. The molecule has 3 aromatic rings. The van der Waals surface area contributed by atoms with Gasteiger partial charge in [-0.05, 0) is 64.0 Å². The van der Waals surface area contributed by atoms with Gasteiger partial charge in [-0.25, -0.2) is 9.82 Å². The molecule has 0 heterocycles. The minimum atomic E-state index is -1.04. The maximum Gasteiger partial charge on any atom is 0.329 e. The molecule has 0 aliphatic rings. The van der Waals surface area contributed by atoms with Crippen LogP contribution in [-0.4, -0.2) is 25.1 Å². The summed E-state index contributed by atoms with van der Waals surface area (Å²) in [6.07, 6.45) is 1.31. The van der Waals surface area contributed by atoms with Crippen LogP contribution < -0.4 is 20.2 Å². The molecule has 0 atom stereocenters. The van der Waals surface area contributed by atoms with Crippen molar-refractivity contribution in [2.75, 3.05) is 12.4 Å². The second kappa shape index (κ2) is 12.2. The zero-order chi connectivity index (χ0) is 25.5. The first-order valence-electron chi connectivity index (χ1n) is 9.72. The van der Waals surface area contributed by atoms with Crippen LogP contribution in [0.15, 0.2) is 58.1 Å². The van der Waals surface area contributed by atoms with Crippen molar-refractivity contribution >= 4 is 74.4 Å². The normalized spacial score (nSPS) is 10.8. The molecule has 2 N–H and O–H groups in total. The molecule has 0 aliphatic carbocycles. The number of halogens is 5. The third kappa shape index (κ3) is 7.08. The Kier molecular flexibility index (Phi) is 9.33. The van der Waals surface area contributed by atoms with Crippen molar-refractivity contribution in [3.63, 3.8) is 0 Å². The van der Waals surface area contributed by atoms with Crippen molar-refractivity contribution in [2.24, 2.45) is 5.10 Å². The van der Waals surface area contributed by atoms with Crippen LogP contribution in [0.4, 0.5) is 10.1 Å². The molecule has 182 valence electrons. The molecular formula is C23H16BrCl3FN3O4. The number of hydrogen-bond donors (Lipinski definition) is 2. The molecule has 0 fully saturated rings. The Morgan fingerprint density at radius 3 is 2.43 bits per heavy atom. The highest BCUT2D eigenvalue weighted by molar-refractivity contribution is 9.10. The van der Waals surface area contributed by atoms with Crippen LogP contribution in [0.3, 0.4) is 0 Å². The number of carbonyl (C=O) groups excluding carboxylic acids is 2. The number of benzene rings is 3. The fourth-order valence-corrected chi connectivity index (χ4v) is 4.01. The van der Waals surface area contributed by atoms with Gasteiger partial charge in [-0.3, -0.25) is 9.59 Å². The van der Waals surface area contributed by atoms with Gasteiger partial charge in [0.15, 0.2) is 11.5 Å². The van der Waals surface area contributed by atoms with E-state index in [1.54, 1.807) is 30.3 Å². The van der Waals surface area contributed by atoms with Gasteiger partial charge in [0.2, 0.25) is 0 Å². The van der Waals surface area contributed by atoms with E-state index in [4.69, 9.17) is 44.3 Å². The van der Waals surface area contributed by atoms with Gasteiger partial charge in [-0.15, -0.1) is 0 Å². The lowest BCUT2D eigenvalue weighted by molar-refractivity contribution is -0.136. The van der Waals surface area contributed by atoms with Gasteiger partial charge in [0.1, 0.15) is 12.4 Å². The summed E-state index contributed by atoms with van der Waals surface area (Å²) in [5, 5.41) is 6.82. The molecule has 2 amide bonds. The zero-order valence-corrected chi connectivity index (χ0v) is 21.7. The van der Waals surface area contributed by atoms with E-state index in [1.807, 2.05) is 0 Å². The number of nitrogens with one attached hydrogen (secondary N) is 2. The van der Waals surface area contributed by atoms with Crippen LogP contribution in [0.2, 0.25) is 15.1 Å². The second-order valence-corrected chi connectivity index (χ2v) is 8.88. The summed E-state index contributed by atoms with van der Waals surface area (Å²) < 4.78 is 25.0. The van der Waals surface area contributed by atoms with Gasteiger partial charge in [-0.2, -0.15) is 5.10 Å². The number of hydrogen-bond acceptors (Lipinski definition) is 5. The topological polar surface area (TPSA) is 89.0 Å². The number of rotatable bonds is 7. The minimum Gasteiger partial charge on any atom is -0.493 e. The first-order valence-corrected chi connectivity index (χ1v) is 11.6. The predicted octanol–water partition coefficient (Wildman–Crippen LogP) is 6.22. The summed E-state index contributed by atoms with van der Waals surface area (Å²) >= 11 is 21.5. The summed E-state index contributed by atoms with van der Waals surface area (Å²) in [6, 6.07) is 12.0. The zero-order valence-electron chi connectivity index (χ0n) is 17.9. The van der Waals surface area contributed by atoms with E-state index < -0.39 is 17.6 Å². The lowest BCUT2D eigenvalue weighted by Gasteiger charge is -2.14. The highest BCUT2D eigenvalue weighted by Gasteiger charge is 2.15. The van der Waals surface area contributed by atoms with E-state index in [9.17, 15) is 14.0 Å². The highest BCUT2D eigenvalue weighted by atomic mass is 79.9. The molecule has 35 heavy (non-hydrogen) atoms. The molecule has 3 rings (SSSR count). The van der Waals surface area contributed by atoms with Gasteiger partial charge in [0.05, 0.1) is 22.8 Å². The Balaban J connectivity index is 1.65. The van der Waals surface area contributed by atoms with Gasteiger partial charge in [0, 0.05) is 21.3 Å². The largest absolute Gasteiger partial charge is 0.493 e. The maximum absolute atomic E-state index is 13.2. The first-order chi connectivity index (χ1) is 16.7. The van der Waals surface area contributed by atoms with E-state index in [0.717, 1.165) is 6.07 Å². The summed E-state index contributed by atoms with van der Waals surface area (Å²) in [6.45, 7) is 0.103. The standard InChI is InChI=1S/C23H16BrCl3FN3O4/c1-34-20-8-12(7-15(24)21(20)35-11-14-16(25)3-2-4-17(14)26)10-29-31-23(33)22(32)30-13-5-6-19(28)18(27)9-13/h2-10H,11H2,1H3,(H,30,32)(H,31,33)/b29-10+. The van der Waals surface area contributed by atoms with Gasteiger partial charge < -0.3 is 14.8 Å². The van der Waals surface area contributed by atoms with Crippen molar-refractivity contribution in [1.82, 2.24) is 5.43 Å². The van der Waals surface area contributed by atoms with Crippen LogP contribution in [0.5, 0.6) is 11.5 Å². The lowest BCUT2D eigenvalue weighted by atomic mass is 10.2. The smallest absolute Gasteiger partial charge is 0.329 e.